The van der Waals surface area contributed by atoms with Crippen molar-refractivity contribution in [1.82, 2.24) is 15.4 Å². The van der Waals surface area contributed by atoms with Gasteiger partial charge in [-0.3, -0.25) is 10.1 Å². The summed E-state index contributed by atoms with van der Waals surface area (Å²) in [6.45, 7) is 1.06. The summed E-state index contributed by atoms with van der Waals surface area (Å²) in [4.78, 5) is 24.6. The van der Waals surface area contributed by atoms with E-state index < -0.39 is 18.5 Å². The Hall–Kier alpha value is -4.27. The first-order valence-corrected chi connectivity index (χ1v) is 8.99. The molecule has 0 saturated carbocycles. The van der Waals surface area contributed by atoms with Crippen molar-refractivity contribution in [3.8, 4) is 22.7 Å². The second-order valence-electron chi connectivity index (χ2n) is 6.23. The van der Waals surface area contributed by atoms with Gasteiger partial charge in [-0.05, 0) is 19.1 Å². The average Bonchev–Trinajstić information content (AvgIpc) is 3.40. The Kier molecular flexibility index (Phi) is 5.33. The maximum Gasteiger partial charge on any atom is 0.344 e. The Morgan fingerprint density at radius 1 is 0.967 bits per heavy atom. The number of rotatable bonds is 6. The van der Waals surface area contributed by atoms with Gasteiger partial charge in [-0.2, -0.15) is 0 Å². The Morgan fingerprint density at radius 2 is 1.63 bits per heavy atom. The monoisotopic (exact) mass is 404 g/mol. The van der Waals surface area contributed by atoms with Crippen molar-refractivity contribution in [2.45, 2.75) is 6.92 Å². The molecule has 1 N–H and O–H groups in total. The fraction of sp³-hybridized carbons (Fsp3) is 0.0952. The van der Waals surface area contributed by atoms with E-state index in [0.29, 0.717) is 22.6 Å². The number of aromatic nitrogens is 3. The largest absolute Gasteiger partial charge is 0.452 e. The van der Waals surface area contributed by atoms with Gasteiger partial charge in [-0.25, -0.2) is 4.79 Å². The zero-order chi connectivity index (χ0) is 20.9. The van der Waals surface area contributed by atoms with Gasteiger partial charge in [-0.1, -0.05) is 58.8 Å². The first-order chi connectivity index (χ1) is 14.6. The van der Waals surface area contributed by atoms with Crippen LogP contribution in [0.5, 0.6) is 0 Å². The number of benzene rings is 2. The van der Waals surface area contributed by atoms with Crippen LogP contribution in [-0.2, 0) is 9.53 Å². The van der Waals surface area contributed by atoms with Crippen molar-refractivity contribution < 1.29 is 23.3 Å². The second-order valence-corrected chi connectivity index (χ2v) is 6.23. The molecule has 4 aromatic rings. The van der Waals surface area contributed by atoms with Gasteiger partial charge >= 0.3 is 12.0 Å². The van der Waals surface area contributed by atoms with Crippen molar-refractivity contribution >= 4 is 17.9 Å². The summed E-state index contributed by atoms with van der Waals surface area (Å²) >= 11 is 0. The molecule has 4 rings (SSSR count). The summed E-state index contributed by atoms with van der Waals surface area (Å²) in [6.07, 6.45) is 0. The van der Waals surface area contributed by atoms with Crippen LogP contribution in [-0.4, -0.2) is 33.8 Å². The molecule has 0 aliphatic carbocycles. The lowest BCUT2D eigenvalue weighted by atomic mass is 10.1. The van der Waals surface area contributed by atoms with E-state index >= 15 is 0 Å². The molecule has 0 radical (unpaired) electrons. The first kappa shape index (κ1) is 19.1. The van der Waals surface area contributed by atoms with Crippen LogP contribution in [0.2, 0.25) is 0 Å². The number of carbonyl (C=O) groups is 2. The van der Waals surface area contributed by atoms with Crippen molar-refractivity contribution in [3.05, 3.63) is 72.0 Å². The minimum atomic E-state index is -0.724. The number of hydrogen-bond donors (Lipinski definition) is 1. The van der Waals surface area contributed by atoms with E-state index in [4.69, 9.17) is 13.7 Å². The minimum Gasteiger partial charge on any atom is -0.452 e. The maximum atomic E-state index is 12.5. The van der Waals surface area contributed by atoms with E-state index in [1.54, 1.807) is 31.2 Å². The normalized spacial score (nSPS) is 10.6. The summed E-state index contributed by atoms with van der Waals surface area (Å²) < 4.78 is 15.6. The van der Waals surface area contributed by atoms with Gasteiger partial charge in [0.25, 0.3) is 5.91 Å². The maximum absolute atomic E-state index is 12.5. The predicted molar refractivity (Wildman–Crippen MR) is 105 cm³/mol. The Labute approximate surface area is 170 Å². The van der Waals surface area contributed by atoms with E-state index in [9.17, 15) is 9.59 Å². The molecule has 30 heavy (non-hydrogen) atoms. The van der Waals surface area contributed by atoms with Gasteiger partial charge in [-0.15, -0.1) is 5.10 Å². The SMILES string of the molecule is Cc1onc(-c2ccccc2)c1C(=O)OCC(=O)Nc1nnc(-c2ccccc2)o1. The first-order valence-electron chi connectivity index (χ1n) is 8.99. The molecule has 0 atom stereocenters. The van der Waals surface area contributed by atoms with E-state index in [1.165, 1.54) is 0 Å². The number of nitrogens with zero attached hydrogens (tertiary/aromatic N) is 3. The lowest BCUT2D eigenvalue weighted by Gasteiger charge is -2.05. The number of hydrogen-bond acceptors (Lipinski definition) is 8. The van der Waals surface area contributed by atoms with Gasteiger partial charge in [0.1, 0.15) is 17.0 Å². The standard InChI is InChI=1S/C21H16N4O5/c1-13-17(18(25-30-13)14-8-4-2-5-9-14)20(27)28-12-16(26)22-21-24-23-19(29-21)15-10-6-3-7-11-15/h2-11H,12H2,1H3,(H,22,24,26). The van der Waals surface area contributed by atoms with Crippen LogP contribution in [0.4, 0.5) is 6.01 Å². The molecule has 150 valence electrons. The van der Waals surface area contributed by atoms with E-state index in [2.05, 4.69) is 20.7 Å². The van der Waals surface area contributed by atoms with Crippen LogP contribution < -0.4 is 5.32 Å². The van der Waals surface area contributed by atoms with Gasteiger partial charge < -0.3 is 13.7 Å². The third-order valence-corrected chi connectivity index (χ3v) is 4.14. The van der Waals surface area contributed by atoms with E-state index in [1.807, 2.05) is 36.4 Å². The summed E-state index contributed by atoms with van der Waals surface area (Å²) in [5.41, 5.74) is 1.93. The summed E-state index contributed by atoms with van der Waals surface area (Å²) in [6, 6.07) is 18.1. The molecule has 2 aromatic heterocycles. The van der Waals surface area contributed by atoms with Crippen molar-refractivity contribution in [2.75, 3.05) is 11.9 Å². The van der Waals surface area contributed by atoms with Crippen LogP contribution in [0, 0.1) is 6.92 Å². The van der Waals surface area contributed by atoms with Crippen molar-refractivity contribution in [3.63, 3.8) is 0 Å². The number of nitrogens with one attached hydrogen (secondary N) is 1. The molecule has 9 nitrogen and oxygen atoms in total. The van der Waals surface area contributed by atoms with E-state index in [-0.39, 0.29) is 17.5 Å². The smallest absolute Gasteiger partial charge is 0.344 e. The van der Waals surface area contributed by atoms with Crippen LogP contribution in [0.25, 0.3) is 22.7 Å². The molecule has 1 amide bonds. The predicted octanol–water partition coefficient (Wildman–Crippen LogP) is 3.50. The Bertz CT molecular complexity index is 1170. The molecule has 0 unspecified atom stereocenters. The highest BCUT2D eigenvalue weighted by Gasteiger charge is 2.24. The summed E-state index contributed by atoms with van der Waals surface area (Å²) in [7, 11) is 0. The van der Waals surface area contributed by atoms with Gasteiger partial charge in [0.15, 0.2) is 6.61 Å². The highest BCUT2D eigenvalue weighted by Crippen LogP contribution is 2.25. The second kappa shape index (κ2) is 8.39. The van der Waals surface area contributed by atoms with Gasteiger partial charge in [0, 0.05) is 11.1 Å². The fourth-order valence-electron chi connectivity index (χ4n) is 2.74. The van der Waals surface area contributed by atoms with Crippen LogP contribution in [0.1, 0.15) is 16.1 Å². The molecular formula is C21H16N4O5. The number of amides is 1. The number of esters is 1. The van der Waals surface area contributed by atoms with Crippen LogP contribution in [0.3, 0.4) is 0 Å². The molecular weight excluding hydrogens is 388 g/mol. The highest BCUT2D eigenvalue weighted by atomic mass is 16.5. The quantitative estimate of drug-likeness (QED) is 0.485. The zero-order valence-corrected chi connectivity index (χ0v) is 15.9. The third kappa shape index (κ3) is 4.09. The lowest BCUT2D eigenvalue weighted by molar-refractivity contribution is -0.119. The number of aryl methyl sites for hydroxylation is 1. The van der Waals surface area contributed by atoms with Crippen molar-refractivity contribution in [2.24, 2.45) is 0 Å². The molecule has 0 spiro atoms. The van der Waals surface area contributed by atoms with Crippen LogP contribution in [0.15, 0.2) is 69.6 Å². The topological polar surface area (TPSA) is 120 Å². The Morgan fingerprint density at radius 3 is 2.33 bits per heavy atom. The Balaban J connectivity index is 1.39. The van der Waals surface area contributed by atoms with Gasteiger partial charge in [0.2, 0.25) is 5.89 Å². The average molecular weight is 404 g/mol. The molecule has 0 aliphatic rings. The van der Waals surface area contributed by atoms with Gasteiger partial charge in [0.05, 0.1) is 0 Å². The minimum absolute atomic E-state index is 0.0963. The molecule has 0 bridgehead atoms. The molecule has 2 aromatic carbocycles. The number of carbonyl (C=O) groups excluding carboxylic acids is 2. The summed E-state index contributed by atoms with van der Waals surface area (Å²) in [5.74, 6) is -0.792. The highest BCUT2D eigenvalue weighted by molar-refractivity contribution is 5.99. The number of ether oxygens (including phenoxy) is 1. The molecule has 0 saturated heterocycles. The molecule has 0 fully saturated rings. The fourth-order valence-corrected chi connectivity index (χ4v) is 2.74. The lowest BCUT2D eigenvalue weighted by Crippen LogP contribution is -2.21. The van der Waals surface area contributed by atoms with Crippen LogP contribution >= 0.6 is 0 Å². The summed E-state index contributed by atoms with van der Waals surface area (Å²) in [5, 5.41) is 14.0. The molecule has 9 heteroatoms. The molecule has 0 aliphatic heterocycles. The number of anilines is 1. The van der Waals surface area contributed by atoms with E-state index in [0.717, 1.165) is 0 Å². The third-order valence-electron chi connectivity index (χ3n) is 4.14. The van der Waals surface area contributed by atoms with Crippen molar-refractivity contribution in [1.29, 1.82) is 0 Å². The zero-order valence-electron chi connectivity index (χ0n) is 15.9. The molecule has 2 heterocycles.